The SMILES string of the molecule is CN(C)c1cc[n+](CCCCCCOc2ccc(C(=O)ON3C(=O)CCC3=O)cc2)cc1. The summed E-state index contributed by atoms with van der Waals surface area (Å²) in [5, 5.41) is 0.546. The van der Waals surface area contributed by atoms with E-state index in [0.717, 1.165) is 32.2 Å². The highest BCUT2D eigenvalue weighted by Gasteiger charge is 2.33. The van der Waals surface area contributed by atoms with Crippen LogP contribution in [0.3, 0.4) is 0 Å². The number of hydrogen-bond donors (Lipinski definition) is 0. The predicted molar refractivity (Wildman–Crippen MR) is 118 cm³/mol. The normalized spacial score (nSPS) is 13.4. The quantitative estimate of drug-likeness (QED) is 0.304. The number of carbonyl (C=O) groups is 3. The number of imide groups is 1. The molecule has 8 nitrogen and oxygen atoms in total. The number of aromatic nitrogens is 1. The summed E-state index contributed by atoms with van der Waals surface area (Å²) in [7, 11) is 4.07. The molecule has 0 radical (unpaired) electrons. The number of ether oxygens (including phenoxy) is 1. The molecule has 2 amide bonds. The summed E-state index contributed by atoms with van der Waals surface area (Å²) >= 11 is 0. The van der Waals surface area contributed by atoms with Crippen LogP contribution < -0.4 is 14.2 Å². The van der Waals surface area contributed by atoms with Crippen molar-refractivity contribution >= 4 is 23.5 Å². The van der Waals surface area contributed by atoms with E-state index in [4.69, 9.17) is 9.57 Å². The van der Waals surface area contributed by atoms with Crippen LogP contribution in [0.5, 0.6) is 5.75 Å². The van der Waals surface area contributed by atoms with Gasteiger partial charge in [-0.1, -0.05) is 0 Å². The van der Waals surface area contributed by atoms with Crippen LogP contribution >= 0.6 is 0 Å². The van der Waals surface area contributed by atoms with E-state index >= 15 is 0 Å². The van der Waals surface area contributed by atoms with Crippen molar-refractivity contribution < 1.29 is 28.5 Å². The first kappa shape index (κ1) is 23.2. The van der Waals surface area contributed by atoms with Gasteiger partial charge in [-0.3, -0.25) is 9.59 Å². The van der Waals surface area contributed by atoms with Gasteiger partial charge in [0.05, 0.1) is 12.2 Å². The minimum Gasteiger partial charge on any atom is -0.494 e. The smallest absolute Gasteiger partial charge is 0.363 e. The maximum atomic E-state index is 12.1. The standard InChI is InChI=1S/C24H30N3O5/c1-25(2)20-13-16-26(17-14-20)15-5-3-4-6-18-31-21-9-7-19(8-10-21)24(30)32-27-22(28)11-12-23(27)29/h7-10,13-14,16-17H,3-6,11-12,15,18H2,1-2H3/q+1. The lowest BCUT2D eigenvalue weighted by atomic mass is 10.2. The van der Waals surface area contributed by atoms with Crippen molar-refractivity contribution in [3.63, 3.8) is 0 Å². The first-order chi connectivity index (χ1) is 15.4. The third-order valence-corrected chi connectivity index (χ3v) is 5.24. The first-order valence-corrected chi connectivity index (χ1v) is 10.9. The molecule has 1 fully saturated rings. The number of carbonyl (C=O) groups excluding carboxylic acids is 3. The van der Waals surface area contributed by atoms with Crippen LogP contribution in [0.1, 0.15) is 48.9 Å². The largest absolute Gasteiger partial charge is 0.494 e. The number of rotatable bonds is 11. The fourth-order valence-electron chi connectivity index (χ4n) is 3.32. The molecular weight excluding hydrogens is 410 g/mol. The van der Waals surface area contributed by atoms with Crippen molar-refractivity contribution in [3.8, 4) is 5.75 Å². The van der Waals surface area contributed by atoms with Gasteiger partial charge < -0.3 is 14.5 Å². The second kappa shape index (κ2) is 11.3. The fraction of sp³-hybridized carbons (Fsp3) is 0.417. The molecule has 8 heteroatoms. The summed E-state index contributed by atoms with van der Waals surface area (Å²) in [6.07, 6.45) is 8.64. The zero-order valence-electron chi connectivity index (χ0n) is 18.7. The van der Waals surface area contributed by atoms with Crippen LogP contribution in [-0.4, -0.2) is 43.5 Å². The number of nitrogens with zero attached hydrogens (tertiary/aromatic N) is 3. The molecule has 3 rings (SSSR count). The number of benzene rings is 1. The van der Waals surface area contributed by atoms with Crippen LogP contribution in [0.2, 0.25) is 0 Å². The number of pyridine rings is 1. The fourth-order valence-corrected chi connectivity index (χ4v) is 3.32. The third kappa shape index (κ3) is 6.54. The molecule has 1 aromatic heterocycles. The van der Waals surface area contributed by atoms with Crippen LogP contribution in [-0.2, 0) is 21.0 Å². The second-order valence-electron chi connectivity index (χ2n) is 7.94. The Morgan fingerprint density at radius 3 is 2.19 bits per heavy atom. The molecule has 170 valence electrons. The van der Waals surface area contributed by atoms with E-state index in [2.05, 4.69) is 34.0 Å². The number of amides is 2. The molecule has 1 aromatic carbocycles. The number of unbranched alkanes of at least 4 members (excludes halogenated alkanes) is 3. The van der Waals surface area contributed by atoms with Gasteiger partial charge in [0.25, 0.3) is 11.8 Å². The van der Waals surface area contributed by atoms with Crippen LogP contribution in [0.25, 0.3) is 0 Å². The molecule has 0 atom stereocenters. The summed E-state index contributed by atoms with van der Waals surface area (Å²) in [6.45, 7) is 1.60. The Morgan fingerprint density at radius 1 is 0.938 bits per heavy atom. The Hall–Kier alpha value is -3.42. The zero-order valence-corrected chi connectivity index (χ0v) is 18.7. The molecule has 0 spiro atoms. The van der Waals surface area contributed by atoms with E-state index in [9.17, 15) is 14.4 Å². The molecular formula is C24H30N3O5+. The highest BCUT2D eigenvalue weighted by molar-refractivity contribution is 6.02. The molecule has 1 aliphatic rings. The van der Waals surface area contributed by atoms with Crippen molar-refractivity contribution in [3.05, 3.63) is 54.4 Å². The lowest BCUT2D eigenvalue weighted by molar-refractivity contribution is -0.697. The molecule has 0 bridgehead atoms. The maximum absolute atomic E-state index is 12.1. The molecule has 32 heavy (non-hydrogen) atoms. The van der Waals surface area contributed by atoms with Gasteiger partial charge in [0.15, 0.2) is 12.4 Å². The van der Waals surface area contributed by atoms with E-state index in [0.29, 0.717) is 17.4 Å². The second-order valence-corrected chi connectivity index (χ2v) is 7.94. The topological polar surface area (TPSA) is 80.0 Å². The van der Waals surface area contributed by atoms with Crippen molar-refractivity contribution in [2.75, 3.05) is 25.6 Å². The van der Waals surface area contributed by atoms with Gasteiger partial charge in [-0.15, -0.1) is 5.06 Å². The number of hydrogen-bond acceptors (Lipinski definition) is 6. The summed E-state index contributed by atoms with van der Waals surface area (Å²) in [5.74, 6) is -1.07. The molecule has 2 aromatic rings. The van der Waals surface area contributed by atoms with E-state index in [-0.39, 0.29) is 18.4 Å². The molecule has 1 aliphatic heterocycles. The summed E-state index contributed by atoms with van der Waals surface area (Å²) in [6, 6.07) is 10.7. The van der Waals surface area contributed by atoms with Gasteiger partial charge in [-0.2, -0.15) is 0 Å². The highest BCUT2D eigenvalue weighted by atomic mass is 16.7. The van der Waals surface area contributed by atoms with Gasteiger partial charge in [0, 0.05) is 51.2 Å². The van der Waals surface area contributed by atoms with Gasteiger partial charge in [-0.05, 0) is 43.5 Å². The third-order valence-electron chi connectivity index (χ3n) is 5.24. The van der Waals surface area contributed by atoms with E-state index in [1.54, 1.807) is 24.3 Å². The van der Waals surface area contributed by atoms with Crippen LogP contribution in [0, 0.1) is 0 Å². The zero-order chi connectivity index (χ0) is 22.9. The van der Waals surface area contributed by atoms with Crippen LogP contribution in [0.15, 0.2) is 48.8 Å². The summed E-state index contributed by atoms with van der Waals surface area (Å²) < 4.78 is 7.93. The highest BCUT2D eigenvalue weighted by Crippen LogP contribution is 2.17. The molecule has 0 saturated carbocycles. The van der Waals surface area contributed by atoms with Gasteiger partial charge in [0.2, 0.25) is 0 Å². The van der Waals surface area contributed by atoms with Crippen molar-refractivity contribution in [1.82, 2.24) is 5.06 Å². The minimum absolute atomic E-state index is 0.0710. The first-order valence-electron chi connectivity index (χ1n) is 10.9. The van der Waals surface area contributed by atoms with E-state index in [1.807, 2.05) is 14.1 Å². The molecule has 0 unspecified atom stereocenters. The van der Waals surface area contributed by atoms with Gasteiger partial charge in [-0.25, -0.2) is 9.36 Å². The minimum atomic E-state index is -0.741. The number of aryl methyl sites for hydroxylation is 1. The van der Waals surface area contributed by atoms with Gasteiger partial charge in [0.1, 0.15) is 12.3 Å². The average Bonchev–Trinajstić information content (AvgIpc) is 3.11. The van der Waals surface area contributed by atoms with Crippen molar-refractivity contribution in [2.24, 2.45) is 0 Å². The Kier molecular flexibility index (Phi) is 8.19. The monoisotopic (exact) mass is 440 g/mol. The number of hydroxylamine groups is 2. The molecule has 0 aliphatic carbocycles. The Bertz CT molecular complexity index is 910. The van der Waals surface area contributed by atoms with Crippen molar-refractivity contribution in [2.45, 2.75) is 45.1 Å². The van der Waals surface area contributed by atoms with Gasteiger partial charge >= 0.3 is 5.97 Å². The molecule has 2 heterocycles. The Balaban J connectivity index is 1.30. The summed E-state index contributed by atoms with van der Waals surface area (Å²) in [5.41, 5.74) is 1.45. The lowest BCUT2D eigenvalue weighted by Crippen LogP contribution is -2.32. The Labute approximate surface area is 188 Å². The predicted octanol–water partition coefficient (Wildman–Crippen LogP) is 2.90. The lowest BCUT2D eigenvalue weighted by Gasteiger charge is -2.12. The average molecular weight is 441 g/mol. The summed E-state index contributed by atoms with van der Waals surface area (Å²) in [4.78, 5) is 42.1. The van der Waals surface area contributed by atoms with E-state index < -0.39 is 17.8 Å². The van der Waals surface area contributed by atoms with E-state index in [1.165, 1.54) is 5.69 Å². The number of anilines is 1. The molecule has 1 saturated heterocycles. The van der Waals surface area contributed by atoms with Crippen LogP contribution in [0.4, 0.5) is 5.69 Å². The Morgan fingerprint density at radius 2 is 1.56 bits per heavy atom. The molecule has 0 N–H and O–H groups in total. The maximum Gasteiger partial charge on any atom is 0.363 e. The van der Waals surface area contributed by atoms with Crippen molar-refractivity contribution in [1.29, 1.82) is 0 Å².